The first kappa shape index (κ1) is 16.5. The van der Waals surface area contributed by atoms with Crippen LogP contribution in [0.4, 0.5) is 0 Å². The summed E-state index contributed by atoms with van der Waals surface area (Å²) in [5.74, 6) is 0.785. The molecule has 0 radical (unpaired) electrons. The zero-order valence-corrected chi connectivity index (χ0v) is 13.0. The smallest absolute Gasteiger partial charge is 0.242 e. The van der Waals surface area contributed by atoms with Gasteiger partial charge in [0.25, 0.3) is 0 Å². The number of ether oxygens (including phenoxy) is 1. The van der Waals surface area contributed by atoms with Gasteiger partial charge in [-0.1, -0.05) is 31.0 Å². The van der Waals surface area contributed by atoms with Crippen molar-refractivity contribution < 1.29 is 9.53 Å². The van der Waals surface area contributed by atoms with E-state index in [1.165, 1.54) is 5.56 Å². The maximum Gasteiger partial charge on any atom is 0.242 e. The summed E-state index contributed by atoms with van der Waals surface area (Å²) in [4.78, 5) is 13.8. The molecule has 2 N–H and O–H groups in total. The molecule has 112 valence electrons. The summed E-state index contributed by atoms with van der Waals surface area (Å²) >= 11 is 0. The molecule has 4 nitrogen and oxygen atoms in total. The number of nitrogens with two attached hydrogens (primary N) is 1. The molecule has 4 heteroatoms. The van der Waals surface area contributed by atoms with Crippen LogP contribution in [0.25, 0.3) is 0 Å². The molecule has 0 aliphatic carbocycles. The van der Waals surface area contributed by atoms with Crippen molar-refractivity contribution in [3.63, 3.8) is 0 Å². The van der Waals surface area contributed by atoms with E-state index in [4.69, 9.17) is 10.5 Å². The number of amides is 1. The number of aryl methyl sites for hydroxylation is 1. The highest BCUT2D eigenvalue weighted by Gasteiger charge is 2.29. The SMILES string of the molecule is CCCC(C)(N)C(=O)N(C)CCOc1ccc(C)cc1. The van der Waals surface area contributed by atoms with Crippen LogP contribution in [0.2, 0.25) is 0 Å². The van der Waals surface area contributed by atoms with Crippen LogP contribution in [0.15, 0.2) is 24.3 Å². The fourth-order valence-corrected chi connectivity index (χ4v) is 2.10. The molecular formula is C16H26N2O2. The van der Waals surface area contributed by atoms with E-state index >= 15 is 0 Å². The summed E-state index contributed by atoms with van der Waals surface area (Å²) in [6.07, 6.45) is 1.58. The fourth-order valence-electron chi connectivity index (χ4n) is 2.10. The standard InChI is InChI=1S/C16H26N2O2/c1-5-10-16(3,17)15(19)18(4)11-12-20-14-8-6-13(2)7-9-14/h6-9H,5,10-12,17H2,1-4H3. The Bertz CT molecular complexity index is 427. The van der Waals surface area contributed by atoms with Gasteiger partial charge in [0.05, 0.1) is 12.1 Å². The van der Waals surface area contributed by atoms with Gasteiger partial charge in [0.2, 0.25) is 5.91 Å². The first-order valence-corrected chi connectivity index (χ1v) is 7.10. The predicted octanol–water partition coefficient (Wildman–Crippen LogP) is 2.35. The summed E-state index contributed by atoms with van der Waals surface area (Å²) in [6.45, 7) is 6.85. The molecule has 1 rings (SSSR count). The van der Waals surface area contributed by atoms with Gasteiger partial charge in [-0.05, 0) is 32.4 Å². The van der Waals surface area contributed by atoms with Crippen LogP contribution in [-0.2, 0) is 4.79 Å². The van der Waals surface area contributed by atoms with Crippen LogP contribution in [0, 0.1) is 6.92 Å². The van der Waals surface area contributed by atoms with Crippen LogP contribution >= 0.6 is 0 Å². The van der Waals surface area contributed by atoms with E-state index < -0.39 is 5.54 Å². The van der Waals surface area contributed by atoms with Crippen molar-refractivity contribution >= 4 is 5.91 Å². The Balaban J connectivity index is 2.41. The molecule has 0 spiro atoms. The highest BCUT2D eigenvalue weighted by Crippen LogP contribution is 2.13. The second kappa shape index (κ2) is 7.29. The molecule has 0 aliphatic heterocycles. The minimum absolute atomic E-state index is 0.0353. The van der Waals surface area contributed by atoms with Gasteiger partial charge in [-0.2, -0.15) is 0 Å². The van der Waals surface area contributed by atoms with E-state index in [1.807, 2.05) is 38.1 Å². The summed E-state index contributed by atoms with van der Waals surface area (Å²) in [6, 6.07) is 7.87. The van der Waals surface area contributed by atoms with E-state index in [9.17, 15) is 4.79 Å². The van der Waals surface area contributed by atoms with Gasteiger partial charge in [-0.3, -0.25) is 4.79 Å². The van der Waals surface area contributed by atoms with Crippen LogP contribution < -0.4 is 10.5 Å². The average Bonchev–Trinajstić information content (AvgIpc) is 2.40. The Hall–Kier alpha value is -1.55. The van der Waals surface area contributed by atoms with Gasteiger partial charge in [-0.25, -0.2) is 0 Å². The second-order valence-electron chi connectivity index (χ2n) is 5.56. The van der Waals surface area contributed by atoms with E-state index in [2.05, 4.69) is 0 Å². The molecule has 0 bridgehead atoms. The molecule has 0 fully saturated rings. The normalized spacial score (nSPS) is 13.7. The Morgan fingerprint density at radius 1 is 1.35 bits per heavy atom. The summed E-state index contributed by atoms with van der Waals surface area (Å²) in [5, 5.41) is 0. The third kappa shape index (κ3) is 4.85. The fraction of sp³-hybridized carbons (Fsp3) is 0.562. The molecular weight excluding hydrogens is 252 g/mol. The molecule has 1 unspecified atom stereocenters. The minimum atomic E-state index is -0.784. The van der Waals surface area contributed by atoms with Crippen molar-refractivity contribution in [2.24, 2.45) is 5.73 Å². The lowest BCUT2D eigenvalue weighted by molar-refractivity contribution is -0.135. The lowest BCUT2D eigenvalue weighted by Gasteiger charge is -2.28. The number of hydrogen-bond acceptors (Lipinski definition) is 3. The van der Waals surface area contributed by atoms with Crippen molar-refractivity contribution in [3.8, 4) is 5.75 Å². The number of nitrogens with zero attached hydrogens (tertiary/aromatic N) is 1. The zero-order valence-electron chi connectivity index (χ0n) is 13.0. The van der Waals surface area contributed by atoms with Gasteiger partial charge >= 0.3 is 0 Å². The number of hydrogen-bond donors (Lipinski definition) is 1. The Kier molecular flexibility index (Phi) is 6.02. The van der Waals surface area contributed by atoms with E-state index in [0.717, 1.165) is 12.2 Å². The lowest BCUT2D eigenvalue weighted by Crippen LogP contribution is -2.52. The van der Waals surface area contributed by atoms with Crippen LogP contribution in [0.3, 0.4) is 0 Å². The first-order chi connectivity index (χ1) is 9.36. The van der Waals surface area contributed by atoms with E-state index in [1.54, 1.807) is 18.9 Å². The van der Waals surface area contributed by atoms with Gasteiger partial charge < -0.3 is 15.4 Å². The molecule has 0 aromatic heterocycles. The van der Waals surface area contributed by atoms with Gasteiger partial charge in [0.1, 0.15) is 12.4 Å². The second-order valence-corrected chi connectivity index (χ2v) is 5.56. The predicted molar refractivity (Wildman–Crippen MR) is 81.8 cm³/mol. The molecule has 1 aromatic carbocycles. The number of carbonyl (C=O) groups excluding carboxylic acids is 1. The highest BCUT2D eigenvalue weighted by atomic mass is 16.5. The van der Waals surface area contributed by atoms with Gasteiger partial charge in [-0.15, -0.1) is 0 Å². The molecule has 1 amide bonds. The molecule has 0 aliphatic rings. The molecule has 0 heterocycles. The van der Waals surface area contributed by atoms with Crippen LogP contribution in [-0.4, -0.2) is 36.5 Å². The van der Waals surface area contributed by atoms with E-state index in [-0.39, 0.29) is 5.91 Å². The Morgan fingerprint density at radius 2 is 1.95 bits per heavy atom. The molecule has 0 saturated carbocycles. The van der Waals surface area contributed by atoms with E-state index in [0.29, 0.717) is 19.6 Å². The molecule has 1 atom stereocenters. The molecule has 1 aromatic rings. The van der Waals surface area contributed by atoms with Crippen molar-refractivity contribution in [1.82, 2.24) is 4.90 Å². The largest absolute Gasteiger partial charge is 0.492 e. The van der Waals surface area contributed by atoms with Crippen molar-refractivity contribution in [2.75, 3.05) is 20.2 Å². The third-order valence-electron chi connectivity index (χ3n) is 3.32. The van der Waals surface area contributed by atoms with Crippen molar-refractivity contribution in [1.29, 1.82) is 0 Å². The highest BCUT2D eigenvalue weighted by molar-refractivity contribution is 5.85. The number of rotatable bonds is 7. The maximum atomic E-state index is 12.2. The quantitative estimate of drug-likeness (QED) is 0.833. The number of benzene rings is 1. The van der Waals surface area contributed by atoms with Crippen LogP contribution in [0.1, 0.15) is 32.3 Å². The molecule has 20 heavy (non-hydrogen) atoms. The zero-order chi connectivity index (χ0) is 15.2. The lowest BCUT2D eigenvalue weighted by atomic mass is 9.96. The monoisotopic (exact) mass is 278 g/mol. The minimum Gasteiger partial charge on any atom is -0.492 e. The number of likely N-dealkylation sites (N-methyl/N-ethyl adjacent to an activating group) is 1. The average molecular weight is 278 g/mol. The molecule has 0 saturated heterocycles. The summed E-state index contributed by atoms with van der Waals surface area (Å²) in [5.41, 5.74) is 6.45. The third-order valence-corrected chi connectivity index (χ3v) is 3.32. The Labute approximate surface area is 121 Å². The first-order valence-electron chi connectivity index (χ1n) is 7.10. The summed E-state index contributed by atoms with van der Waals surface area (Å²) < 4.78 is 5.62. The van der Waals surface area contributed by atoms with Gasteiger partial charge in [0, 0.05) is 7.05 Å². The van der Waals surface area contributed by atoms with Crippen molar-refractivity contribution in [3.05, 3.63) is 29.8 Å². The number of carbonyl (C=O) groups is 1. The van der Waals surface area contributed by atoms with Crippen LogP contribution in [0.5, 0.6) is 5.75 Å². The van der Waals surface area contributed by atoms with Crippen molar-refractivity contribution in [2.45, 2.75) is 39.2 Å². The Morgan fingerprint density at radius 3 is 2.50 bits per heavy atom. The summed E-state index contributed by atoms with van der Waals surface area (Å²) in [7, 11) is 1.77. The van der Waals surface area contributed by atoms with Gasteiger partial charge in [0.15, 0.2) is 0 Å². The maximum absolute atomic E-state index is 12.2. The topological polar surface area (TPSA) is 55.6 Å².